The van der Waals surface area contributed by atoms with Crippen molar-refractivity contribution in [2.75, 3.05) is 6.54 Å². The van der Waals surface area contributed by atoms with E-state index in [1.54, 1.807) is 4.68 Å². The zero-order valence-corrected chi connectivity index (χ0v) is 14.7. The average Bonchev–Trinajstić information content (AvgIpc) is 3.23. The molecule has 0 unspecified atom stereocenters. The van der Waals surface area contributed by atoms with Gasteiger partial charge in [0, 0.05) is 32.3 Å². The molecule has 1 aliphatic rings. The van der Waals surface area contributed by atoms with Crippen molar-refractivity contribution >= 4 is 11.8 Å². The smallest absolute Gasteiger partial charge is 0.225 e. The third-order valence-electron chi connectivity index (χ3n) is 4.64. The Morgan fingerprint density at radius 2 is 2.08 bits per heavy atom. The topological polar surface area (TPSA) is 67.2 Å². The van der Waals surface area contributed by atoms with E-state index in [0.29, 0.717) is 0 Å². The van der Waals surface area contributed by atoms with Crippen molar-refractivity contribution in [3.05, 3.63) is 53.9 Å². The molecule has 1 aromatic carbocycles. The fourth-order valence-corrected chi connectivity index (χ4v) is 3.50. The number of hydrogen-bond acceptors (Lipinski definition) is 3. The van der Waals surface area contributed by atoms with E-state index in [4.69, 9.17) is 0 Å². The van der Waals surface area contributed by atoms with Crippen molar-refractivity contribution in [1.82, 2.24) is 20.0 Å². The number of aryl methyl sites for hydroxylation is 1. The summed E-state index contributed by atoms with van der Waals surface area (Å²) in [6, 6.07) is 9.42. The lowest BCUT2D eigenvalue weighted by molar-refractivity contribution is -0.133. The van der Waals surface area contributed by atoms with Crippen LogP contribution in [0.3, 0.4) is 0 Å². The van der Waals surface area contributed by atoms with Crippen LogP contribution in [0.4, 0.5) is 0 Å². The average molecular weight is 340 g/mol. The van der Waals surface area contributed by atoms with Gasteiger partial charge in [0.25, 0.3) is 0 Å². The quantitative estimate of drug-likeness (QED) is 0.908. The second-order valence-electron chi connectivity index (χ2n) is 6.56. The summed E-state index contributed by atoms with van der Waals surface area (Å²) in [5.74, 6) is -0.0687. The van der Waals surface area contributed by atoms with Gasteiger partial charge in [0.2, 0.25) is 11.8 Å². The summed E-state index contributed by atoms with van der Waals surface area (Å²) in [5.41, 5.74) is 2.02. The fraction of sp³-hybridized carbons (Fsp3) is 0.421. The number of aromatic nitrogens is 2. The summed E-state index contributed by atoms with van der Waals surface area (Å²) in [5, 5.41) is 7.13. The number of benzene rings is 1. The van der Waals surface area contributed by atoms with Crippen molar-refractivity contribution in [2.45, 2.75) is 38.3 Å². The van der Waals surface area contributed by atoms with E-state index >= 15 is 0 Å². The molecule has 1 saturated heterocycles. The molecule has 25 heavy (non-hydrogen) atoms. The zero-order chi connectivity index (χ0) is 17.8. The lowest BCUT2D eigenvalue weighted by atomic mass is 10.0. The Morgan fingerprint density at radius 3 is 2.72 bits per heavy atom. The Kier molecular flexibility index (Phi) is 5.16. The number of carbonyl (C=O) groups is 2. The van der Waals surface area contributed by atoms with E-state index in [1.165, 1.54) is 6.92 Å². The minimum absolute atomic E-state index is 0.0638. The van der Waals surface area contributed by atoms with Crippen LogP contribution in [0.2, 0.25) is 0 Å². The highest BCUT2D eigenvalue weighted by Gasteiger charge is 2.32. The molecule has 1 aliphatic heterocycles. The van der Waals surface area contributed by atoms with Crippen molar-refractivity contribution in [1.29, 1.82) is 0 Å². The lowest BCUT2D eigenvalue weighted by Crippen LogP contribution is -2.35. The fourth-order valence-electron chi connectivity index (χ4n) is 3.50. The highest BCUT2D eigenvalue weighted by atomic mass is 16.2. The van der Waals surface area contributed by atoms with E-state index in [-0.39, 0.29) is 30.3 Å². The van der Waals surface area contributed by atoms with Crippen LogP contribution >= 0.6 is 0 Å². The first-order chi connectivity index (χ1) is 12.0. The molecule has 3 rings (SSSR count). The maximum atomic E-state index is 12.9. The van der Waals surface area contributed by atoms with Gasteiger partial charge in [0.15, 0.2) is 0 Å². The van der Waals surface area contributed by atoms with Gasteiger partial charge in [-0.25, -0.2) is 0 Å². The largest absolute Gasteiger partial charge is 0.349 e. The van der Waals surface area contributed by atoms with Crippen LogP contribution in [0.25, 0.3) is 0 Å². The maximum Gasteiger partial charge on any atom is 0.225 e. The number of hydrogen-bond donors (Lipinski definition) is 1. The van der Waals surface area contributed by atoms with Gasteiger partial charge in [0.05, 0.1) is 24.7 Å². The number of amides is 2. The van der Waals surface area contributed by atoms with Gasteiger partial charge in [0.1, 0.15) is 0 Å². The Bertz CT molecular complexity index is 741. The number of likely N-dealkylation sites (tertiary alicyclic amines) is 1. The number of rotatable bonds is 5. The third-order valence-corrected chi connectivity index (χ3v) is 4.64. The molecule has 2 heterocycles. The van der Waals surface area contributed by atoms with Crippen molar-refractivity contribution < 1.29 is 9.59 Å². The summed E-state index contributed by atoms with van der Waals surface area (Å²) in [6.07, 6.45) is 6.01. The maximum absolute atomic E-state index is 12.9. The first-order valence-electron chi connectivity index (χ1n) is 8.64. The van der Waals surface area contributed by atoms with Gasteiger partial charge in [-0.05, 0) is 18.4 Å². The Balaban J connectivity index is 1.75. The van der Waals surface area contributed by atoms with Gasteiger partial charge < -0.3 is 10.2 Å². The Morgan fingerprint density at radius 1 is 1.32 bits per heavy atom. The highest BCUT2D eigenvalue weighted by molar-refractivity contribution is 5.79. The van der Waals surface area contributed by atoms with Gasteiger partial charge in [-0.15, -0.1) is 0 Å². The van der Waals surface area contributed by atoms with Gasteiger partial charge in [-0.1, -0.05) is 30.3 Å². The molecule has 6 heteroatoms. The van der Waals surface area contributed by atoms with Gasteiger partial charge >= 0.3 is 0 Å². The van der Waals surface area contributed by atoms with E-state index in [9.17, 15) is 9.59 Å². The first-order valence-corrected chi connectivity index (χ1v) is 8.64. The number of nitrogens with one attached hydrogen (secondary N) is 1. The normalized spacial score (nSPS) is 18.2. The molecule has 0 spiro atoms. The standard InChI is InChI=1S/C19H24N4O2/c1-14(24)21-17(15-7-4-3-5-8-15)11-19(25)23-10-6-9-18(23)16-12-20-22(2)13-16/h3-5,7-8,12-13,17-18H,6,9-11H2,1-2H3,(H,21,24)/t17-,18+/m1/s1. The van der Waals surface area contributed by atoms with Crippen LogP contribution in [0, 0.1) is 0 Å². The molecule has 0 radical (unpaired) electrons. The molecule has 2 amide bonds. The number of nitrogens with zero attached hydrogens (tertiary/aromatic N) is 3. The predicted molar refractivity (Wildman–Crippen MR) is 94.5 cm³/mol. The SMILES string of the molecule is CC(=O)N[C@H](CC(=O)N1CCC[C@H]1c1cnn(C)c1)c1ccccc1. The molecular weight excluding hydrogens is 316 g/mol. The van der Waals surface area contributed by atoms with E-state index in [0.717, 1.165) is 30.5 Å². The molecule has 0 aliphatic carbocycles. The molecule has 1 N–H and O–H groups in total. The number of carbonyl (C=O) groups excluding carboxylic acids is 2. The van der Waals surface area contributed by atoms with E-state index in [1.807, 2.05) is 54.7 Å². The third kappa shape index (κ3) is 4.07. The van der Waals surface area contributed by atoms with E-state index < -0.39 is 0 Å². The molecule has 1 aromatic heterocycles. The first kappa shape index (κ1) is 17.2. The zero-order valence-electron chi connectivity index (χ0n) is 14.7. The minimum atomic E-state index is -0.304. The molecule has 2 aromatic rings. The van der Waals surface area contributed by atoms with Crippen LogP contribution < -0.4 is 5.32 Å². The van der Waals surface area contributed by atoms with Crippen molar-refractivity contribution in [2.24, 2.45) is 7.05 Å². The van der Waals surface area contributed by atoms with Crippen molar-refractivity contribution in [3.8, 4) is 0 Å². The second kappa shape index (κ2) is 7.51. The monoisotopic (exact) mass is 340 g/mol. The molecule has 132 valence electrons. The van der Waals surface area contributed by atoms with Gasteiger partial charge in [-0.2, -0.15) is 5.10 Å². The molecular formula is C19H24N4O2. The molecule has 2 atom stereocenters. The summed E-state index contributed by atoms with van der Waals surface area (Å²) >= 11 is 0. The van der Waals surface area contributed by atoms with E-state index in [2.05, 4.69) is 10.4 Å². The van der Waals surface area contributed by atoms with Crippen LogP contribution in [0.15, 0.2) is 42.7 Å². The second-order valence-corrected chi connectivity index (χ2v) is 6.56. The molecule has 0 bridgehead atoms. The van der Waals surface area contributed by atoms with Crippen LogP contribution in [-0.4, -0.2) is 33.0 Å². The summed E-state index contributed by atoms with van der Waals surface area (Å²) in [4.78, 5) is 26.4. The van der Waals surface area contributed by atoms with Gasteiger partial charge in [-0.3, -0.25) is 14.3 Å². The van der Waals surface area contributed by atoms with Crippen LogP contribution in [-0.2, 0) is 16.6 Å². The van der Waals surface area contributed by atoms with Crippen LogP contribution in [0.5, 0.6) is 0 Å². The lowest BCUT2D eigenvalue weighted by Gasteiger charge is -2.27. The summed E-state index contributed by atoms with van der Waals surface area (Å²) in [7, 11) is 1.88. The summed E-state index contributed by atoms with van der Waals surface area (Å²) in [6.45, 7) is 2.23. The predicted octanol–water partition coefficient (Wildman–Crippen LogP) is 2.35. The highest BCUT2D eigenvalue weighted by Crippen LogP contribution is 2.33. The molecule has 1 fully saturated rings. The Hall–Kier alpha value is -2.63. The summed E-state index contributed by atoms with van der Waals surface area (Å²) < 4.78 is 1.76. The van der Waals surface area contributed by atoms with Crippen molar-refractivity contribution in [3.63, 3.8) is 0 Å². The molecule has 6 nitrogen and oxygen atoms in total. The Labute approximate surface area is 147 Å². The van der Waals surface area contributed by atoms with Crippen LogP contribution in [0.1, 0.15) is 49.4 Å². The molecule has 0 saturated carbocycles. The minimum Gasteiger partial charge on any atom is -0.349 e.